The molecule has 0 radical (unpaired) electrons. The molecule has 7 heteroatoms. The normalized spacial score (nSPS) is 11.0. The minimum absolute atomic E-state index is 0.150. The third-order valence-electron chi connectivity index (χ3n) is 3.68. The average Bonchev–Trinajstić information content (AvgIpc) is 2.58. The van der Waals surface area contributed by atoms with Crippen molar-refractivity contribution in [3.8, 4) is 11.5 Å². The largest absolute Gasteiger partial charge is 0.491 e. The number of nitrogens with one attached hydrogen (secondary N) is 1. The number of carbonyl (C=O) groups excluding carboxylic acids is 1. The summed E-state index contributed by atoms with van der Waals surface area (Å²) in [7, 11) is -3.31. The lowest BCUT2D eigenvalue weighted by Crippen LogP contribution is -2.32. The van der Waals surface area contributed by atoms with E-state index in [0.29, 0.717) is 18.9 Å². The highest BCUT2D eigenvalue weighted by Gasteiger charge is 2.09. The Morgan fingerprint density at radius 2 is 1.69 bits per heavy atom. The second-order valence-corrected chi connectivity index (χ2v) is 7.97. The molecule has 0 spiro atoms. The maximum Gasteiger partial charge on any atom is 0.258 e. The van der Waals surface area contributed by atoms with Crippen LogP contribution in [0.25, 0.3) is 0 Å². The molecular formula is C19H23NO5S. The summed E-state index contributed by atoms with van der Waals surface area (Å²) in [4.78, 5) is 12.0. The molecule has 140 valence electrons. The van der Waals surface area contributed by atoms with Gasteiger partial charge in [0.05, 0.1) is 11.4 Å². The monoisotopic (exact) mass is 377 g/mol. The molecular weight excluding hydrogens is 354 g/mol. The molecule has 0 saturated carbocycles. The number of carbonyl (C=O) groups is 1. The van der Waals surface area contributed by atoms with Gasteiger partial charge in [0.25, 0.3) is 5.91 Å². The summed E-state index contributed by atoms with van der Waals surface area (Å²) in [5.41, 5.74) is 2.09. The molecule has 0 bridgehead atoms. The molecule has 0 aliphatic heterocycles. The van der Waals surface area contributed by atoms with Gasteiger partial charge >= 0.3 is 0 Å². The Bertz CT molecular complexity index is 857. The maximum atomic E-state index is 11.8. The molecule has 0 aliphatic rings. The van der Waals surface area contributed by atoms with Gasteiger partial charge in [-0.3, -0.25) is 4.79 Å². The fraction of sp³-hybridized carbons (Fsp3) is 0.316. The zero-order valence-electron chi connectivity index (χ0n) is 15.1. The van der Waals surface area contributed by atoms with Gasteiger partial charge in [0.1, 0.15) is 18.1 Å². The van der Waals surface area contributed by atoms with Gasteiger partial charge in [0, 0.05) is 6.26 Å². The predicted octanol–water partition coefficient (Wildman–Crippen LogP) is 2.28. The molecule has 0 heterocycles. The summed E-state index contributed by atoms with van der Waals surface area (Å²) < 4.78 is 34.1. The molecule has 0 fully saturated rings. The van der Waals surface area contributed by atoms with Crippen molar-refractivity contribution < 1.29 is 22.7 Å². The quantitative estimate of drug-likeness (QED) is 0.714. The van der Waals surface area contributed by atoms with Crippen molar-refractivity contribution in [3.63, 3.8) is 0 Å². The summed E-state index contributed by atoms with van der Waals surface area (Å²) in [6.45, 7) is 4.44. The van der Waals surface area contributed by atoms with Gasteiger partial charge in [0.2, 0.25) is 0 Å². The first-order valence-electron chi connectivity index (χ1n) is 8.16. The molecule has 0 saturated heterocycles. The Morgan fingerprint density at radius 1 is 1.04 bits per heavy atom. The van der Waals surface area contributed by atoms with Crippen LogP contribution in [0.2, 0.25) is 0 Å². The number of hydrogen-bond acceptors (Lipinski definition) is 5. The summed E-state index contributed by atoms with van der Waals surface area (Å²) in [5, 5.41) is 2.70. The summed E-state index contributed by atoms with van der Waals surface area (Å²) >= 11 is 0. The van der Waals surface area contributed by atoms with Crippen LogP contribution in [0.15, 0.2) is 47.4 Å². The van der Waals surface area contributed by atoms with Crippen LogP contribution in [-0.4, -0.2) is 40.3 Å². The van der Waals surface area contributed by atoms with E-state index < -0.39 is 9.84 Å². The fourth-order valence-corrected chi connectivity index (χ4v) is 3.02. The molecule has 26 heavy (non-hydrogen) atoms. The molecule has 6 nitrogen and oxygen atoms in total. The minimum atomic E-state index is -3.31. The lowest BCUT2D eigenvalue weighted by atomic mass is 10.1. The van der Waals surface area contributed by atoms with E-state index in [9.17, 15) is 13.2 Å². The first kappa shape index (κ1) is 19.8. The van der Waals surface area contributed by atoms with Crippen LogP contribution in [0.1, 0.15) is 11.1 Å². The van der Waals surface area contributed by atoms with Crippen LogP contribution < -0.4 is 14.8 Å². The molecule has 0 unspecified atom stereocenters. The number of amides is 1. The maximum absolute atomic E-state index is 11.8. The molecule has 2 rings (SSSR count). The second-order valence-electron chi connectivity index (χ2n) is 5.96. The van der Waals surface area contributed by atoms with Crippen LogP contribution in [-0.2, 0) is 14.6 Å². The highest BCUT2D eigenvalue weighted by molar-refractivity contribution is 7.90. The van der Waals surface area contributed by atoms with Crippen molar-refractivity contribution in [2.75, 3.05) is 26.0 Å². The van der Waals surface area contributed by atoms with Crippen LogP contribution >= 0.6 is 0 Å². The summed E-state index contributed by atoms with van der Waals surface area (Å²) in [5.74, 6) is 0.852. The Kier molecular flexibility index (Phi) is 6.63. The Morgan fingerprint density at radius 3 is 2.35 bits per heavy atom. The van der Waals surface area contributed by atoms with E-state index in [4.69, 9.17) is 9.47 Å². The predicted molar refractivity (Wildman–Crippen MR) is 99.5 cm³/mol. The molecule has 2 aromatic rings. The van der Waals surface area contributed by atoms with Gasteiger partial charge in [-0.1, -0.05) is 24.3 Å². The van der Waals surface area contributed by atoms with Crippen LogP contribution in [0.5, 0.6) is 11.5 Å². The molecule has 0 aliphatic carbocycles. The van der Waals surface area contributed by atoms with Gasteiger partial charge in [0.15, 0.2) is 16.4 Å². The molecule has 0 aromatic heterocycles. The zero-order valence-corrected chi connectivity index (χ0v) is 15.9. The van der Waals surface area contributed by atoms with Crippen LogP contribution in [0, 0.1) is 13.8 Å². The first-order valence-corrected chi connectivity index (χ1v) is 10.0. The van der Waals surface area contributed by atoms with Gasteiger partial charge < -0.3 is 14.8 Å². The van der Waals surface area contributed by atoms with Gasteiger partial charge in [-0.25, -0.2) is 8.42 Å². The van der Waals surface area contributed by atoms with Crippen molar-refractivity contribution in [1.29, 1.82) is 0 Å². The average molecular weight is 377 g/mol. The molecule has 2 aromatic carbocycles. The number of ether oxygens (including phenoxy) is 2. The van der Waals surface area contributed by atoms with E-state index in [1.807, 2.05) is 32.0 Å². The van der Waals surface area contributed by atoms with E-state index >= 15 is 0 Å². The van der Waals surface area contributed by atoms with Crippen LogP contribution in [0.4, 0.5) is 0 Å². The van der Waals surface area contributed by atoms with Crippen LogP contribution in [0.3, 0.4) is 0 Å². The summed E-state index contributed by atoms with van der Waals surface area (Å²) in [6.07, 6.45) is 1.12. The van der Waals surface area contributed by atoms with Crippen molar-refractivity contribution in [2.45, 2.75) is 18.7 Å². The van der Waals surface area contributed by atoms with Crippen molar-refractivity contribution in [1.82, 2.24) is 5.32 Å². The SMILES string of the molecule is Cc1cccc(C)c1OCCNC(=O)COc1cccc(S(C)(=O)=O)c1. The highest BCUT2D eigenvalue weighted by atomic mass is 32.2. The van der Waals surface area contributed by atoms with Crippen molar-refractivity contribution in [3.05, 3.63) is 53.6 Å². The lowest BCUT2D eigenvalue weighted by Gasteiger charge is -2.12. The van der Waals surface area contributed by atoms with Gasteiger partial charge in [-0.2, -0.15) is 0 Å². The van der Waals surface area contributed by atoms with E-state index in [2.05, 4.69) is 5.32 Å². The number of rotatable bonds is 8. The standard InChI is InChI=1S/C19H23NO5S/c1-14-6-4-7-15(2)19(14)24-11-10-20-18(21)13-25-16-8-5-9-17(12-16)26(3,22)23/h4-9,12H,10-11,13H2,1-3H3,(H,20,21). The number of para-hydroxylation sites is 1. The zero-order chi connectivity index (χ0) is 19.2. The highest BCUT2D eigenvalue weighted by Crippen LogP contribution is 2.22. The van der Waals surface area contributed by atoms with E-state index in [1.165, 1.54) is 12.1 Å². The summed E-state index contributed by atoms with van der Waals surface area (Å²) in [6, 6.07) is 12.0. The Hall–Kier alpha value is -2.54. The van der Waals surface area contributed by atoms with E-state index in [-0.39, 0.29) is 17.4 Å². The molecule has 1 amide bonds. The first-order chi connectivity index (χ1) is 12.3. The number of hydrogen-bond donors (Lipinski definition) is 1. The smallest absolute Gasteiger partial charge is 0.258 e. The molecule has 0 atom stereocenters. The van der Waals surface area contributed by atoms with Gasteiger partial charge in [-0.15, -0.1) is 0 Å². The third-order valence-corrected chi connectivity index (χ3v) is 4.79. The minimum Gasteiger partial charge on any atom is -0.491 e. The third kappa shape index (κ3) is 5.77. The number of benzene rings is 2. The number of aryl methyl sites for hydroxylation is 2. The number of sulfone groups is 1. The van der Waals surface area contributed by atoms with E-state index in [0.717, 1.165) is 23.1 Å². The Labute approximate surface area is 154 Å². The second kappa shape index (κ2) is 8.71. The lowest BCUT2D eigenvalue weighted by molar-refractivity contribution is -0.123. The van der Waals surface area contributed by atoms with E-state index in [1.54, 1.807) is 12.1 Å². The molecule has 1 N–H and O–H groups in total. The van der Waals surface area contributed by atoms with Crippen molar-refractivity contribution >= 4 is 15.7 Å². The van der Waals surface area contributed by atoms with Gasteiger partial charge in [-0.05, 0) is 43.2 Å². The van der Waals surface area contributed by atoms with Crippen molar-refractivity contribution in [2.24, 2.45) is 0 Å². The fourth-order valence-electron chi connectivity index (χ4n) is 2.36. The topological polar surface area (TPSA) is 81.7 Å². The Balaban J connectivity index is 1.76.